The summed E-state index contributed by atoms with van der Waals surface area (Å²) < 4.78 is 40.9. The van der Waals surface area contributed by atoms with Gasteiger partial charge >= 0.3 is 6.36 Å². The minimum absolute atomic E-state index is 0.0552. The first-order valence-electron chi connectivity index (χ1n) is 8.02. The Kier molecular flexibility index (Phi) is 7.29. The van der Waals surface area contributed by atoms with Gasteiger partial charge in [-0.3, -0.25) is 4.79 Å². The van der Waals surface area contributed by atoms with Crippen molar-refractivity contribution in [1.29, 1.82) is 0 Å². The Labute approximate surface area is 186 Å². The fourth-order valence-electron chi connectivity index (χ4n) is 2.10. The first kappa shape index (κ1) is 22.5. The maximum absolute atomic E-state index is 12.2. The number of nitrogens with one attached hydrogen (secondary N) is 2. The molecule has 0 unspecified atom stereocenters. The standard InChI is InChI=1S/C17H11Cl2F3N4O2S2/c18-11-2-1-3-12(19)14(11)24-13(27)8-29-16-26-25-15(30-16)23-9-4-6-10(7-5-9)28-17(20,21)22/h1-7H,8H2,(H,23,25)(H,24,27). The van der Waals surface area contributed by atoms with Crippen molar-refractivity contribution in [2.24, 2.45) is 0 Å². The third-order valence-electron chi connectivity index (χ3n) is 3.30. The summed E-state index contributed by atoms with van der Waals surface area (Å²) in [6, 6.07) is 10.1. The second kappa shape index (κ2) is 9.73. The number of benzene rings is 2. The Morgan fingerprint density at radius 1 is 1.10 bits per heavy atom. The zero-order chi connectivity index (χ0) is 21.7. The highest BCUT2D eigenvalue weighted by molar-refractivity contribution is 8.01. The van der Waals surface area contributed by atoms with Crippen LogP contribution in [-0.2, 0) is 4.79 Å². The molecule has 3 aromatic rings. The van der Waals surface area contributed by atoms with E-state index in [0.29, 0.717) is 30.9 Å². The predicted molar refractivity (Wildman–Crippen MR) is 112 cm³/mol. The summed E-state index contributed by atoms with van der Waals surface area (Å²) in [5.41, 5.74) is 0.840. The highest BCUT2D eigenvalue weighted by Gasteiger charge is 2.30. The van der Waals surface area contributed by atoms with Crippen molar-refractivity contribution in [3.8, 4) is 5.75 Å². The Morgan fingerprint density at radius 3 is 2.40 bits per heavy atom. The van der Waals surface area contributed by atoms with Crippen molar-refractivity contribution in [3.63, 3.8) is 0 Å². The number of hydrogen-bond donors (Lipinski definition) is 2. The summed E-state index contributed by atoms with van der Waals surface area (Å²) in [6.45, 7) is 0. The van der Waals surface area contributed by atoms with Crippen LogP contribution in [0.15, 0.2) is 46.8 Å². The Balaban J connectivity index is 1.52. The van der Waals surface area contributed by atoms with Crippen molar-refractivity contribution >= 4 is 68.7 Å². The molecule has 1 amide bonds. The number of hydrogen-bond acceptors (Lipinski definition) is 7. The van der Waals surface area contributed by atoms with Gasteiger partial charge in [-0.15, -0.1) is 23.4 Å². The van der Waals surface area contributed by atoms with Gasteiger partial charge in [-0.2, -0.15) is 0 Å². The van der Waals surface area contributed by atoms with Crippen molar-refractivity contribution < 1.29 is 22.7 Å². The van der Waals surface area contributed by atoms with Gasteiger partial charge in [0.25, 0.3) is 0 Å². The number of carbonyl (C=O) groups is 1. The molecule has 6 nitrogen and oxygen atoms in total. The predicted octanol–water partition coefficient (Wildman–Crippen LogP) is 6.22. The van der Waals surface area contributed by atoms with E-state index in [0.717, 1.165) is 11.8 Å². The average molecular weight is 495 g/mol. The smallest absolute Gasteiger partial charge is 0.406 e. The number of ether oxygens (including phenoxy) is 1. The number of anilines is 3. The van der Waals surface area contributed by atoms with E-state index in [9.17, 15) is 18.0 Å². The van der Waals surface area contributed by atoms with Crippen LogP contribution in [0.2, 0.25) is 10.0 Å². The normalized spacial score (nSPS) is 11.2. The topological polar surface area (TPSA) is 76.1 Å². The van der Waals surface area contributed by atoms with Crippen LogP contribution in [-0.4, -0.2) is 28.2 Å². The van der Waals surface area contributed by atoms with Crippen molar-refractivity contribution in [2.75, 3.05) is 16.4 Å². The molecule has 0 radical (unpaired) electrons. The van der Waals surface area contributed by atoms with Crippen LogP contribution in [0, 0.1) is 0 Å². The Hall–Kier alpha value is -2.21. The van der Waals surface area contributed by atoms with Gasteiger partial charge in [0, 0.05) is 5.69 Å². The number of alkyl halides is 3. The lowest BCUT2D eigenvalue weighted by molar-refractivity contribution is -0.274. The molecule has 13 heteroatoms. The molecular weight excluding hydrogens is 484 g/mol. The molecule has 0 saturated carbocycles. The molecule has 2 N–H and O–H groups in total. The van der Waals surface area contributed by atoms with Crippen molar-refractivity contribution in [3.05, 3.63) is 52.5 Å². The molecule has 0 spiro atoms. The summed E-state index contributed by atoms with van der Waals surface area (Å²) in [5.74, 6) is -0.592. The van der Waals surface area contributed by atoms with Gasteiger partial charge in [-0.05, 0) is 36.4 Å². The molecule has 0 saturated heterocycles. The van der Waals surface area contributed by atoms with Crippen molar-refractivity contribution in [2.45, 2.75) is 10.7 Å². The van der Waals surface area contributed by atoms with E-state index in [1.807, 2.05) is 0 Å². The van der Waals surface area contributed by atoms with E-state index in [4.69, 9.17) is 23.2 Å². The van der Waals surface area contributed by atoms with Gasteiger partial charge in [-0.25, -0.2) is 0 Å². The quantitative estimate of drug-likeness (QED) is 0.379. The number of carbonyl (C=O) groups excluding carboxylic acids is 1. The number of rotatable bonds is 7. The minimum atomic E-state index is -4.75. The molecule has 1 aromatic heterocycles. The molecule has 0 aliphatic carbocycles. The van der Waals surface area contributed by atoms with E-state index in [2.05, 4.69) is 25.6 Å². The first-order valence-corrected chi connectivity index (χ1v) is 10.6. The number of aromatic nitrogens is 2. The summed E-state index contributed by atoms with van der Waals surface area (Å²) in [7, 11) is 0. The van der Waals surface area contributed by atoms with Gasteiger partial charge in [0.1, 0.15) is 5.75 Å². The molecule has 2 aromatic carbocycles. The zero-order valence-electron chi connectivity index (χ0n) is 14.7. The van der Waals surface area contributed by atoms with Gasteiger partial charge in [-0.1, -0.05) is 52.4 Å². The second-order valence-electron chi connectivity index (χ2n) is 5.50. The number of halogens is 5. The van der Waals surface area contributed by atoms with Crippen LogP contribution < -0.4 is 15.4 Å². The number of para-hydroxylation sites is 1. The fourth-order valence-corrected chi connectivity index (χ4v) is 4.17. The van der Waals surface area contributed by atoms with E-state index < -0.39 is 6.36 Å². The highest BCUT2D eigenvalue weighted by Crippen LogP contribution is 2.32. The lowest BCUT2D eigenvalue weighted by atomic mass is 10.3. The summed E-state index contributed by atoms with van der Waals surface area (Å²) >= 11 is 14.4. The molecule has 30 heavy (non-hydrogen) atoms. The molecule has 1 heterocycles. The molecule has 0 bridgehead atoms. The van der Waals surface area contributed by atoms with Gasteiger partial charge in [0.2, 0.25) is 11.0 Å². The third-order valence-corrected chi connectivity index (χ3v) is 5.90. The summed E-state index contributed by atoms with van der Waals surface area (Å²) in [5, 5.41) is 14.5. The SMILES string of the molecule is O=C(CSc1nnc(Nc2ccc(OC(F)(F)F)cc2)s1)Nc1c(Cl)cccc1Cl. The zero-order valence-corrected chi connectivity index (χ0v) is 17.8. The molecule has 3 rings (SSSR count). The molecule has 0 atom stereocenters. The van der Waals surface area contributed by atoms with Gasteiger partial charge < -0.3 is 15.4 Å². The van der Waals surface area contributed by atoms with Crippen LogP contribution in [0.3, 0.4) is 0 Å². The Morgan fingerprint density at radius 2 is 1.77 bits per heavy atom. The number of thioether (sulfide) groups is 1. The minimum Gasteiger partial charge on any atom is -0.406 e. The van der Waals surface area contributed by atoms with Gasteiger partial charge in [0.15, 0.2) is 4.34 Å². The lowest BCUT2D eigenvalue weighted by Crippen LogP contribution is -2.16. The van der Waals surface area contributed by atoms with Gasteiger partial charge in [0.05, 0.1) is 21.5 Å². The van der Waals surface area contributed by atoms with E-state index in [-0.39, 0.29) is 17.4 Å². The van der Waals surface area contributed by atoms with Crippen LogP contribution in [0.4, 0.5) is 29.7 Å². The molecule has 0 fully saturated rings. The number of nitrogens with zero attached hydrogens (tertiary/aromatic N) is 2. The third kappa shape index (κ3) is 6.66. The maximum Gasteiger partial charge on any atom is 0.573 e. The largest absolute Gasteiger partial charge is 0.573 e. The average Bonchev–Trinajstić information content (AvgIpc) is 3.11. The molecular formula is C17H11Cl2F3N4O2S2. The summed E-state index contributed by atoms with van der Waals surface area (Å²) in [4.78, 5) is 12.1. The van der Waals surface area contributed by atoms with Crippen LogP contribution in [0.25, 0.3) is 0 Å². The highest BCUT2D eigenvalue weighted by atomic mass is 35.5. The van der Waals surface area contributed by atoms with E-state index in [1.165, 1.54) is 35.6 Å². The van der Waals surface area contributed by atoms with Crippen molar-refractivity contribution in [1.82, 2.24) is 10.2 Å². The van der Waals surface area contributed by atoms with Crippen LogP contribution in [0.1, 0.15) is 0 Å². The maximum atomic E-state index is 12.2. The molecule has 0 aliphatic heterocycles. The molecule has 0 aliphatic rings. The van der Waals surface area contributed by atoms with Crippen LogP contribution in [0.5, 0.6) is 5.75 Å². The number of amides is 1. The summed E-state index contributed by atoms with van der Waals surface area (Å²) in [6.07, 6.45) is -4.75. The van der Waals surface area contributed by atoms with E-state index in [1.54, 1.807) is 18.2 Å². The van der Waals surface area contributed by atoms with Crippen LogP contribution >= 0.6 is 46.3 Å². The molecule has 158 valence electrons. The monoisotopic (exact) mass is 494 g/mol. The van der Waals surface area contributed by atoms with E-state index >= 15 is 0 Å². The second-order valence-corrected chi connectivity index (χ2v) is 8.52. The first-order chi connectivity index (χ1) is 14.2. The Bertz CT molecular complexity index is 1010. The fraction of sp³-hybridized carbons (Fsp3) is 0.118. The lowest BCUT2D eigenvalue weighted by Gasteiger charge is -2.09.